The zero-order valence-corrected chi connectivity index (χ0v) is 17.9. The van der Waals surface area contributed by atoms with Crippen molar-refractivity contribution in [1.29, 1.82) is 0 Å². The number of aromatic amines is 1. The van der Waals surface area contributed by atoms with E-state index < -0.39 is 0 Å². The van der Waals surface area contributed by atoms with Gasteiger partial charge in [-0.25, -0.2) is 0 Å². The maximum Gasteiger partial charge on any atom is 0.272 e. The molecule has 0 bridgehead atoms. The number of piperidine rings is 1. The van der Waals surface area contributed by atoms with E-state index in [1.54, 1.807) is 0 Å². The van der Waals surface area contributed by atoms with Gasteiger partial charge in [-0.3, -0.25) is 19.8 Å². The predicted molar refractivity (Wildman–Crippen MR) is 114 cm³/mol. The van der Waals surface area contributed by atoms with E-state index in [1.165, 1.54) is 0 Å². The van der Waals surface area contributed by atoms with E-state index in [4.69, 9.17) is 0 Å². The quantitative estimate of drug-likeness (QED) is 0.833. The average molecular weight is 396 g/mol. The van der Waals surface area contributed by atoms with Crippen molar-refractivity contribution in [3.63, 3.8) is 0 Å². The molecule has 1 atom stereocenters. The number of H-pyrrole nitrogens is 1. The molecule has 2 aromatic heterocycles. The van der Waals surface area contributed by atoms with Gasteiger partial charge >= 0.3 is 0 Å². The van der Waals surface area contributed by atoms with Gasteiger partial charge in [0.05, 0.1) is 5.69 Å². The Balaban J connectivity index is 1.33. The number of amides is 1. The van der Waals surface area contributed by atoms with Crippen molar-refractivity contribution >= 4 is 5.91 Å². The standard InChI is InChI=1S/C23H33N5O/c1-23(2,3)16-7-8-20-19(14-16)21(27-26-20)22(29)25-17-9-12-28(13-10-17)15-18-6-4-5-11-24-18/h4-6,11,16-17H,7-10,12-15H2,1-3H3,(H,25,29)(H,26,27)/t16-/m0/s1. The number of pyridine rings is 1. The molecule has 6 heteroatoms. The molecule has 1 aliphatic heterocycles. The van der Waals surface area contributed by atoms with Crippen molar-refractivity contribution < 1.29 is 4.79 Å². The van der Waals surface area contributed by atoms with Crippen molar-refractivity contribution in [1.82, 2.24) is 25.4 Å². The second-order valence-corrected chi connectivity index (χ2v) is 9.68. The van der Waals surface area contributed by atoms with Crippen LogP contribution in [0.2, 0.25) is 0 Å². The second kappa shape index (κ2) is 8.27. The largest absolute Gasteiger partial charge is 0.348 e. The summed E-state index contributed by atoms with van der Waals surface area (Å²) in [6.07, 6.45) is 6.88. The summed E-state index contributed by atoms with van der Waals surface area (Å²) in [7, 11) is 0. The van der Waals surface area contributed by atoms with Crippen LogP contribution in [-0.4, -0.2) is 45.1 Å². The van der Waals surface area contributed by atoms with Crippen molar-refractivity contribution in [3.8, 4) is 0 Å². The van der Waals surface area contributed by atoms with E-state index in [1.807, 2.05) is 18.3 Å². The summed E-state index contributed by atoms with van der Waals surface area (Å²) in [4.78, 5) is 19.8. The normalized spacial score (nSPS) is 21.0. The molecule has 3 heterocycles. The van der Waals surface area contributed by atoms with Crippen molar-refractivity contribution in [3.05, 3.63) is 47.0 Å². The van der Waals surface area contributed by atoms with E-state index in [9.17, 15) is 4.79 Å². The molecule has 4 rings (SSSR count). The number of nitrogens with one attached hydrogen (secondary N) is 2. The molecule has 2 N–H and O–H groups in total. The van der Waals surface area contributed by atoms with E-state index in [0.29, 0.717) is 11.6 Å². The number of carbonyl (C=O) groups excluding carboxylic acids is 1. The molecule has 1 fully saturated rings. The van der Waals surface area contributed by atoms with Crippen LogP contribution in [0.15, 0.2) is 24.4 Å². The van der Waals surface area contributed by atoms with E-state index in [2.05, 4.69) is 52.2 Å². The minimum Gasteiger partial charge on any atom is -0.348 e. The van der Waals surface area contributed by atoms with Crippen LogP contribution in [-0.2, 0) is 19.4 Å². The summed E-state index contributed by atoms with van der Waals surface area (Å²) in [6.45, 7) is 9.71. The lowest BCUT2D eigenvalue weighted by molar-refractivity contribution is 0.0901. The van der Waals surface area contributed by atoms with Crippen LogP contribution in [0.5, 0.6) is 0 Å². The first kappa shape index (κ1) is 20.1. The number of aryl methyl sites for hydroxylation is 1. The second-order valence-electron chi connectivity index (χ2n) is 9.68. The maximum absolute atomic E-state index is 13.0. The van der Waals surface area contributed by atoms with Crippen LogP contribution < -0.4 is 5.32 Å². The maximum atomic E-state index is 13.0. The van der Waals surface area contributed by atoms with E-state index in [-0.39, 0.29) is 17.4 Å². The molecule has 0 saturated carbocycles. The van der Waals surface area contributed by atoms with Gasteiger partial charge < -0.3 is 5.32 Å². The highest BCUT2D eigenvalue weighted by Crippen LogP contribution is 2.37. The molecule has 6 nitrogen and oxygen atoms in total. The molecule has 0 aromatic carbocycles. The predicted octanol–water partition coefficient (Wildman–Crippen LogP) is 3.35. The summed E-state index contributed by atoms with van der Waals surface area (Å²) in [5.74, 6) is 0.578. The van der Waals surface area contributed by atoms with Gasteiger partial charge in [0, 0.05) is 43.1 Å². The zero-order valence-electron chi connectivity index (χ0n) is 17.9. The third-order valence-electron chi connectivity index (χ3n) is 6.62. The number of rotatable bonds is 4. The molecule has 2 aromatic rings. The highest BCUT2D eigenvalue weighted by atomic mass is 16.2. The fourth-order valence-corrected chi connectivity index (χ4v) is 4.63. The first-order chi connectivity index (χ1) is 13.9. The summed E-state index contributed by atoms with van der Waals surface area (Å²) >= 11 is 0. The van der Waals surface area contributed by atoms with Crippen molar-refractivity contribution in [2.24, 2.45) is 11.3 Å². The monoisotopic (exact) mass is 395 g/mol. The van der Waals surface area contributed by atoms with Crippen LogP contribution in [0.25, 0.3) is 0 Å². The van der Waals surface area contributed by atoms with Gasteiger partial charge in [0.25, 0.3) is 5.91 Å². The SMILES string of the molecule is CC(C)(C)[C@H]1CCc2[nH]nc(C(=O)NC3CCN(Cc4ccccn4)CC3)c2C1. The molecule has 0 radical (unpaired) electrons. The third-order valence-corrected chi connectivity index (χ3v) is 6.62. The average Bonchev–Trinajstić information content (AvgIpc) is 3.13. The molecule has 156 valence electrons. The first-order valence-electron chi connectivity index (χ1n) is 10.9. The summed E-state index contributed by atoms with van der Waals surface area (Å²) in [6, 6.07) is 6.27. The molecule has 0 spiro atoms. The molecule has 1 aliphatic carbocycles. The van der Waals surface area contributed by atoms with Crippen LogP contribution in [0.1, 0.15) is 67.5 Å². The lowest BCUT2D eigenvalue weighted by Gasteiger charge is -2.34. The molecule has 29 heavy (non-hydrogen) atoms. The smallest absolute Gasteiger partial charge is 0.272 e. The minimum absolute atomic E-state index is 0.0137. The molecular formula is C23H33N5O. The molecule has 0 unspecified atom stereocenters. The van der Waals surface area contributed by atoms with Crippen LogP contribution in [0.3, 0.4) is 0 Å². The Bertz CT molecular complexity index is 831. The Hall–Kier alpha value is -2.21. The lowest BCUT2D eigenvalue weighted by atomic mass is 9.71. The van der Waals surface area contributed by atoms with E-state index in [0.717, 1.165) is 68.7 Å². The highest BCUT2D eigenvalue weighted by molar-refractivity contribution is 5.94. The van der Waals surface area contributed by atoms with Crippen molar-refractivity contribution in [2.45, 2.75) is 65.5 Å². The minimum atomic E-state index is -0.0137. The molecular weight excluding hydrogens is 362 g/mol. The van der Waals surface area contributed by atoms with Crippen molar-refractivity contribution in [2.75, 3.05) is 13.1 Å². The Morgan fingerprint density at radius 1 is 1.24 bits per heavy atom. The Kier molecular flexibility index (Phi) is 5.72. The van der Waals surface area contributed by atoms with Crippen LogP contribution in [0, 0.1) is 11.3 Å². The highest BCUT2D eigenvalue weighted by Gasteiger charge is 2.33. The van der Waals surface area contributed by atoms with Gasteiger partial charge in [0.1, 0.15) is 0 Å². The summed E-state index contributed by atoms with van der Waals surface area (Å²) in [5.41, 5.74) is 4.27. The number of carbonyl (C=O) groups is 1. The number of nitrogens with zero attached hydrogens (tertiary/aromatic N) is 3. The number of hydrogen-bond acceptors (Lipinski definition) is 4. The summed E-state index contributed by atoms with van der Waals surface area (Å²) in [5, 5.41) is 10.8. The Morgan fingerprint density at radius 2 is 2.03 bits per heavy atom. The van der Waals surface area contributed by atoms with Gasteiger partial charge in [-0.1, -0.05) is 26.8 Å². The Labute approximate surface area is 173 Å². The fourth-order valence-electron chi connectivity index (χ4n) is 4.63. The molecule has 1 amide bonds. The van der Waals surface area contributed by atoms with E-state index >= 15 is 0 Å². The first-order valence-corrected chi connectivity index (χ1v) is 10.9. The lowest BCUT2D eigenvalue weighted by Crippen LogP contribution is -2.44. The number of fused-ring (bicyclic) bond motifs is 1. The molecule has 1 saturated heterocycles. The van der Waals surface area contributed by atoms with Gasteiger partial charge in [-0.15, -0.1) is 0 Å². The fraction of sp³-hybridized carbons (Fsp3) is 0.609. The third kappa shape index (κ3) is 4.69. The number of hydrogen-bond donors (Lipinski definition) is 2. The molecule has 2 aliphatic rings. The topological polar surface area (TPSA) is 73.9 Å². The summed E-state index contributed by atoms with van der Waals surface area (Å²) < 4.78 is 0. The number of aromatic nitrogens is 3. The van der Waals surface area contributed by atoms with Gasteiger partial charge in [0.2, 0.25) is 0 Å². The van der Waals surface area contributed by atoms with Gasteiger partial charge in [-0.05, 0) is 55.6 Å². The Morgan fingerprint density at radius 3 is 2.72 bits per heavy atom. The number of likely N-dealkylation sites (tertiary alicyclic amines) is 1. The van der Waals surface area contributed by atoms with Crippen LogP contribution >= 0.6 is 0 Å². The van der Waals surface area contributed by atoms with Gasteiger partial charge in [-0.2, -0.15) is 5.10 Å². The van der Waals surface area contributed by atoms with Crippen LogP contribution in [0.4, 0.5) is 0 Å². The van der Waals surface area contributed by atoms with Gasteiger partial charge in [0.15, 0.2) is 5.69 Å². The zero-order chi connectivity index (χ0) is 20.4.